The second-order valence-electron chi connectivity index (χ2n) is 6.54. The highest BCUT2D eigenvalue weighted by molar-refractivity contribution is 5.81. The number of aromatic nitrogens is 2. The molecule has 19 heavy (non-hydrogen) atoms. The summed E-state index contributed by atoms with van der Waals surface area (Å²) in [6, 6.07) is 6.58. The Morgan fingerprint density at radius 3 is 2.79 bits per heavy atom. The molecule has 2 N–H and O–H groups in total. The van der Waals surface area contributed by atoms with E-state index in [1.165, 1.54) is 0 Å². The maximum absolute atomic E-state index is 6.11. The minimum absolute atomic E-state index is 0.0702. The molecule has 3 rings (SSSR count). The molecule has 0 bridgehead atoms. The van der Waals surface area contributed by atoms with Gasteiger partial charge in [0.05, 0.1) is 29.0 Å². The SMILES string of the molecule is CC1(C)CC(Nc2ccc3cn[nH]c3c2)C(C)(C)O1. The Morgan fingerprint density at radius 1 is 1.32 bits per heavy atom. The van der Waals surface area contributed by atoms with E-state index in [2.05, 4.69) is 61.4 Å². The maximum Gasteiger partial charge on any atom is 0.0834 e. The Balaban J connectivity index is 1.84. The van der Waals surface area contributed by atoms with Crippen molar-refractivity contribution < 1.29 is 4.74 Å². The van der Waals surface area contributed by atoms with Crippen LogP contribution in [0.25, 0.3) is 10.9 Å². The number of nitrogens with zero attached hydrogens (tertiary/aromatic N) is 1. The Hall–Kier alpha value is -1.55. The van der Waals surface area contributed by atoms with Crippen LogP contribution in [-0.2, 0) is 4.74 Å². The third kappa shape index (κ3) is 2.32. The van der Waals surface area contributed by atoms with Crippen molar-refractivity contribution in [3.05, 3.63) is 24.4 Å². The van der Waals surface area contributed by atoms with Crippen LogP contribution >= 0.6 is 0 Å². The molecule has 1 atom stereocenters. The summed E-state index contributed by atoms with van der Waals surface area (Å²) in [5.74, 6) is 0. The number of nitrogens with one attached hydrogen (secondary N) is 2. The molecular weight excluding hydrogens is 238 g/mol. The predicted octanol–water partition coefficient (Wildman–Crippen LogP) is 3.32. The van der Waals surface area contributed by atoms with Gasteiger partial charge in [0.2, 0.25) is 0 Å². The van der Waals surface area contributed by atoms with E-state index in [4.69, 9.17) is 4.74 Å². The lowest BCUT2D eigenvalue weighted by atomic mass is 9.94. The molecule has 4 nitrogen and oxygen atoms in total. The number of hydrogen-bond donors (Lipinski definition) is 2. The summed E-state index contributed by atoms with van der Waals surface area (Å²) in [5.41, 5.74) is 1.93. The van der Waals surface area contributed by atoms with Gasteiger partial charge in [0, 0.05) is 11.1 Å². The van der Waals surface area contributed by atoms with Crippen molar-refractivity contribution >= 4 is 16.6 Å². The minimum atomic E-state index is -0.160. The monoisotopic (exact) mass is 259 g/mol. The van der Waals surface area contributed by atoms with Crippen LogP contribution in [0.2, 0.25) is 0 Å². The highest BCUT2D eigenvalue weighted by Gasteiger charge is 2.45. The average molecular weight is 259 g/mol. The summed E-state index contributed by atoms with van der Waals surface area (Å²) in [5, 5.41) is 11.8. The van der Waals surface area contributed by atoms with Crippen LogP contribution in [0.3, 0.4) is 0 Å². The van der Waals surface area contributed by atoms with E-state index in [0.29, 0.717) is 6.04 Å². The third-order valence-corrected chi connectivity index (χ3v) is 3.86. The van der Waals surface area contributed by atoms with Gasteiger partial charge in [0.15, 0.2) is 0 Å². The second kappa shape index (κ2) is 3.97. The molecule has 1 aliphatic rings. The third-order valence-electron chi connectivity index (χ3n) is 3.86. The molecule has 102 valence electrons. The molecule has 2 aromatic rings. The van der Waals surface area contributed by atoms with Gasteiger partial charge in [-0.1, -0.05) is 0 Å². The zero-order valence-corrected chi connectivity index (χ0v) is 11.9. The van der Waals surface area contributed by atoms with E-state index in [-0.39, 0.29) is 11.2 Å². The predicted molar refractivity (Wildman–Crippen MR) is 77.4 cm³/mol. The van der Waals surface area contributed by atoms with Crippen LogP contribution in [0.15, 0.2) is 24.4 Å². The molecule has 1 unspecified atom stereocenters. The number of benzene rings is 1. The molecule has 0 amide bonds. The summed E-state index contributed by atoms with van der Waals surface area (Å²) in [6.45, 7) is 8.59. The summed E-state index contributed by atoms with van der Waals surface area (Å²) in [7, 11) is 0. The summed E-state index contributed by atoms with van der Waals surface area (Å²) in [4.78, 5) is 0. The van der Waals surface area contributed by atoms with Gasteiger partial charge in [-0.25, -0.2) is 0 Å². The van der Waals surface area contributed by atoms with Gasteiger partial charge >= 0.3 is 0 Å². The number of rotatable bonds is 2. The Bertz CT molecular complexity index is 600. The quantitative estimate of drug-likeness (QED) is 0.869. The first-order valence-electron chi connectivity index (χ1n) is 6.76. The normalized spacial score (nSPS) is 24.7. The van der Waals surface area contributed by atoms with Crippen molar-refractivity contribution in [3.8, 4) is 0 Å². The molecule has 0 aliphatic carbocycles. The first-order chi connectivity index (χ1) is 8.86. The lowest BCUT2D eigenvalue weighted by molar-refractivity contribution is -0.0662. The lowest BCUT2D eigenvalue weighted by Crippen LogP contribution is -2.38. The van der Waals surface area contributed by atoms with Gasteiger partial charge in [-0.2, -0.15) is 5.10 Å². The average Bonchev–Trinajstić information content (AvgIpc) is 2.80. The number of ether oxygens (including phenoxy) is 1. The number of H-pyrrole nitrogens is 1. The van der Waals surface area contributed by atoms with Crippen LogP contribution < -0.4 is 5.32 Å². The maximum atomic E-state index is 6.11. The van der Waals surface area contributed by atoms with E-state index in [0.717, 1.165) is 23.0 Å². The molecule has 0 spiro atoms. The lowest BCUT2D eigenvalue weighted by Gasteiger charge is -2.28. The number of anilines is 1. The van der Waals surface area contributed by atoms with Gasteiger partial charge < -0.3 is 10.1 Å². The molecule has 0 saturated carbocycles. The molecular formula is C15H21N3O. The standard InChI is InChI=1S/C15H21N3O/c1-14(2)8-13(15(3,4)19-14)17-11-6-5-10-9-16-18-12(10)7-11/h5-7,9,13,17H,8H2,1-4H3,(H,16,18). The molecule has 0 radical (unpaired) electrons. The highest BCUT2D eigenvalue weighted by Crippen LogP contribution is 2.39. The van der Waals surface area contributed by atoms with Crippen molar-refractivity contribution in [1.29, 1.82) is 0 Å². The minimum Gasteiger partial charge on any atom is -0.379 e. The summed E-state index contributed by atoms with van der Waals surface area (Å²) in [6.07, 6.45) is 2.84. The molecule has 1 aromatic heterocycles. The summed E-state index contributed by atoms with van der Waals surface area (Å²) >= 11 is 0. The van der Waals surface area contributed by atoms with Crippen LogP contribution in [0.4, 0.5) is 5.69 Å². The van der Waals surface area contributed by atoms with Gasteiger partial charge in [-0.05, 0) is 52.3 Å². The first kappa shape index (κ1) is 12.5. The van der Waals surface area contributed by atoms with E-state index in [1.807, 2.05) is 6.20 Å². The van der Waals surface area contributed by atoms with E-state index >= 15 is 0 Å². The fourth-order valence-electron chi connectivity index (χ4n) is 3.02. The van der Waals surface area contributed by atoms with Crippen molar-refractivity contribution in [2.24, 2.45) is 0 Å². The zero-order valence-electron chi connectivity index (χ0n) is 11.9. The van der Waals surface area contributed by atoms with Gasteiger partial charge in [0.25, 0.3) is 0 Å². The zero-order chi connectivity index (χ0) is 13.7. The topological polar surface area (TPSA) is 49.9 Å². The van der Waals surface area contributed by atoms with Gasteiger partial charge in [0.1, 0.15) is 0 Å². The number of hydrogen-bond acceptors (Lipinski definition) is 3. The van der Waals surface area contributed by atoms with Gasteiger partial charge in [-0.3, -0.25) is 5.10 Å². The fourth-order valence-corrected chi connectivity index (χ4v) is 3.02. The Morgan fingerprint density at radius 2 is 2.11 bits per heavy atom. The van der Waals surface area contributed by atoms with Crippen molar-refractivity contribution in [1.82, 2.24) is 10.2 Å². The van der Waals surface area contributed by atoms with Crippen molar-refractivity contribution in [3.63, 3.8) is 0 Å². The first-order valence-corrected chi connectivity index (χ1v) is 6.76. The largest absolute Gasteiger partial charge is 0.379 e. The van der Waals surface area contributed by atoms with Crippen molar-refractivity contribution in [2.45, 2.75) is 51.4 Å². The van der Waals surface area contributed by atoms with Crippen LogP contribution in [0, 0.1) is 0 Å². The van der Waals surface area contributed by atoms with E-state index in [9.17, 15) is 0 Å². The fraction of sp³-hybridized carbons (Fsp3) is 0.533. The van der Waals surface area contributed by atoms with Crippen molar-refractivity contribution in [2.75, 3.05) is 5.32 Å². The molecule has 4 heteroatoms. The molecule has 1 aliphatic heterocycles. The van der Waals surface area contributed by atoms with E-state index in [1.54, 1.807) is 0 Å². The molecule has 1 aromatic carbocycles. The Labute approximate surface area is 113 Å². The van der Waals surface area contributed by atoms with Crippen LogP contribution in [-0.4, -0.2) is 27.4 Å². The molecule has 1 fully saturated rings. The van der Waals surface area contributed by atoms with Crippen LogP contribution in [0.1, 0.15) is 34.1 Å². The van der Waals surface area contributed by atoms with E-state index < -0.39 is 0 Å². The molecule has 2 heterocycles. The number of fused-ring (bicyclic) bond motifs is 1. The number of aromatic amines is 1. The van der Waals surface area contributed by atoms with Gasteiger partial charge in [-0.15, -0.1) is 0 Å². The molecule has 1 saturated heterocycles. The highest BCUT2D eigenvalue weighted by atomic mass is 16.5. The Kier molecular flexibility index (Phi) is 2.61. The summed E-state index contributed by atoms with van der Waals surface area (Å²) < 4.78 is 6.11. The smallest absolute Gasteiger partial charge is 0.0834 e. The van der Waals surface area contributed by atoms with Crippen LogP contribution in [0.5, 0.6) is 0 Å². The second-order valence-corrected chi connectivity index (χ2v) is 6.54.